The minimum absolute atomic E-state index is 0.0938. The Hall–Kier alpha value is -0.660. The Morgan fingerprint density at radius 1 is 1.00 bits per heavy atom. The van der Waals surface area contributed by atoms with Crippen molar-refractivity contribution < 1.29 is 36.8 Å². The van der Waals surface area contributed by atoms with Crippen LogP contribution in [0.4, 0.5) is 17.6 Å². The summed E-state index contributed by atoms with van der Waals surface area (Å²) in [6.07, 6.45) is 0. The molecule has 0 amide bonds. The van der Waals surface area contributed by atoms with Gasteiger partial charge in [0.1, 0.15) is 5.02 Å². The van der Waals surface area contributed by atoms with E-state index in [9.17, 15) is 17.6 Å². The van der Waals surface area contributed by atoms with Crippen LogP contribution in [-0.4, -0.2) is 14.7 Å². The summed E-state index contributed by atoms with van der Waals surface area (Å²) in [6, 6.07) is 0.0938. The zero-order valence-corrected chi connectivity index (χ0v) is 8.81. The third-order valence-corrected chi connectivity index (χ3v) is 1.39. The molecule has 0 fully saturated rings. The van der Waals surface area contributed by atoms with E-state index in [4.69, 9.17) is 30.8 Å². The second kappa shape index (κ2) is 5.60. The first-order valence-corrected chi connectivity index (χ1v) is 5.25. The third-order valence-electron chi connectivity index (χ3n) is 1.06. The first kappa shape index (κ1) is 15.3. The van der Waals surface area contributed by atoms with Crippen molar-refractivity contribution in [1.82, 2.24) is 0 Å². The molecule has 0 aromatic heterocycles. The molecule has 0 heterocycles. The smallest absolute Gasteiger partial charge is 0.303 e. The number of hydrogen-bond acceptors (Lipinski definition) is 1. The Bertz CT molecular complexity index is 401. The molecule has 0 saturated heterocycles. The summed E-state index contributed by atoms with van der Waals surface area (Å²) < 4.78 is 57.7. The lowest BCUT2D eigenvalue weighted by Gasteiger charge is -1.97. The van der Waals surface area contributed by atoms with Gasteiger partial charge in [-0.25, -0.2) is 22.1 Å². The highest BCUT2D eigenvalue weighted by Crippen LogP contribution is 2.25. The molecule has 0 radical (unpaired) electrons. The van der Waals surface area contributed by atoms with Gasteiger partial charge in [-0.3, -0.25) is 0 Å². The fraction of sp³-hybridized carbons (Fsp3) is 0. The molecule has 4 nitrogen and oxygen atoms in total. The lowest BCUT2D eigenvalue weighted by atomic mass is 10.3. The van der Waals surface area contributed by atoms with E-state index in [0.29, 0.717) is 0 Å². The van der Waals surface area contributed by atoms with Gasteiger partial charge in [0.2, 0.25) is 0 Å². The molecule has 0 aliphatic carbocycles. The van der Waals surface area contributed by atoms with Crippen molar-refractivity contribution in [2.45, 2.75) is 0 Å². The molecular formula is C6H4ClF4O4P. The quantitative estimate of drug-likeness (QED) is 0.294. The fourth-order valence-corrected chi connectivity index (χ4v) is 0.725. The Morgan fingerprint density at radius 3 is 1.50 bits per heavy atom. The van der Waals surface area contributed by atoms with Gasteiger partial charge < -0.3 is 14.7 Å². The minimum Gasteiger partial charge on any atom is -0.303 e. The van der Waals surface area contributed by atoms with Crippen molar-refractivity contribution in [3.63, 3.8) is 0 Å². The van der Waals surface area contributed by atoms with Gasteiger partial charge in [-0.1, -0.05) is 11.6 Å². The van der Waals surface area contributed by atoms with Gasteiger partial charge in [0.15, 0.2) is 23.3 Å². The normalized spacial score (nSPS) is 10.8. The molecule has 0 spiro atoms. The molecule has 1 rings (SSSR count). The fourth-order valence-electron chi connectivity index (χ4n) is 0.544. The van der Waals surface area contributed by atoms with Crippen LogP contribution in [0.3, 0.4) is 0 Å². The summed E-state index contributed by atoms with van der Waals surface area (Å²) in [7, 11) is -4.64. The predicted octanol–water partition coefficient (Wildman–Crippen LogP) is 1.97. The van der Waals surface area contributed by atoms with Gasteiger partial charge in [-0.15, -0.1) is 0 Å². The summed E-state index contributed by atoms with van der Waals surface area (Å²) in [5, 5.41) is -1.16. The first-order chi connectivity index (χ1) is 7.04. The van der Waals surface area contributed by atoms with Crippen LogP contribution < -0.4 is 0 Å². The first-order valence-electron chi connectivity index (χ1n) is 3.30. The molecule has 0 aliphatic heterocycles. The van der Waals surface area contributed by atoms with Crippen LogP contribution in [0.1, 0.15) is 0 Å². The van der Waals surface area contributed by atoms with E-state index < -0.39 is 36.1 Å². The maximum Gasteiger partial charge on any atom is 0.466 e. The Balaban J connectivity index is 0.000000385. The van der Waals surface area contributed by atoms with Gasteiger partial charge in [0, 0.05) is 6.07 Å². The van der Waals surface area contributed by atoms with Gasteiger partial charge >= 0.3 is 7.82 Å². The van der Waals surface area contributed by atoms with Gasteiger partial charge in [0.05, 0.1) is 0 Å². The monoisotopic (exact) mass is 282 g/mol. The molecule has 3 N–H and O–H groups in total. The number of halogens is 5. The van der Waals surface area contributed by atoms with Crippen LogP contribution in [0.2, 0.25) is 5.02 Å². The summed E-state index contributed by atoms with van der Waals surface area (Å²) in [5.74, 6) is -6.17. The highest BCUT2D eigenvalue weighted by Gasteiger charge is 2.16. The van der Waals surface area contributed by atoms with Crippen LogP contribution in [0.5, 0.6) is 0 Å². The molecule has 0 atom stereocenters. The molecule has 0 bridgehead atoms. The van der Waals surface area contributed by atoms with E-state index >= 15 is 0 Å². The third kappa shape index (κ3) is 5.43. The molecule has 1 aromatic carbocycles. The van der Waals surface area contributed by atoms with Crippen LogP contribution in [0.25, 0.3) is 0 Å². The van der Waals surface area contributed by atoms with Crippen LogP contribution in [-0.2, 0) is 4.57 Å². The summed E-state index contributed by atoms with van der Waals surface area (Å²) in [4.78, 5) is 21.6. The number of phosphoric acid groups is 1. The number of hydrogen-bond donors (Lipinski definition) is 3. The van der Waals surface area contributed by atoms with Crippen LogP contribution in [0.15, 0.2) is 6.07 Å². The molecule has 0 unspecified atom stereocenters. The van der Waals surface area contributed by atoms with Crippen molar-refractivity contribution in [2.24, 2.45) is 0 Å². The zero-order chi connectivity index (χ0) is 13.1. The predicted molar refractivity (Wildman–Crippen MR) is 45.5 cm³/mol. The van der Waals surface area contributed by atoms with Crippen LogP contribution >= 0.6 is 19.4 Å². The summed E-state index contributed by atoms with van der Waals surface area (Å²) >= 11 is 4.86. The molecule has 1 aromatic rings. The SMILES string of the molecule is Fc1cc(F)c(F)c(Cl)c1F.O=P(O)(O)O. The minimum atomic E-state index is -4.64. The van der Waals surface area contributed by atoms with Gasteiger partial charge in [-0.2, -0.15) is 0 Å². The van der Waals surface area contributed by atoms with E-state index in [2.05, 4.69) is 0 Å². The van der Waals surface area contributed by atoms with Crippen molar-refractivity contribution >= 4 is 19.4 Å². The molecule has 92 valence electrons. The highest BCUT2D eigenvalue weighted by atomic mass is 35.5. The van der Waals surface area contributed by atoms with Crippen molar-refractivity contribution in [3.8, 4) is 0 Å². The maximum absolute atomic E-state index is 12.3. The summed E-state index contributed by atoms with van der Waals surface area (Å²) in [6.45, 7) is 0. The average Bonchev–Trinajstić information content (AvgIpc) is 2.09. The molecular weight excluding hydrogens is 278 g/mol. The second-order valence-electron chi connectivity index (χ2n) is 2.30. The second-order valence-corrected chi connectivity index (χ2v) is 3.70. The molecule has 16 heavy (non-hydrogen) atoms. The molecule has 0 saturated carbocycles. The topological polar surface area (TPSA) is 77.8 Å². The zero-order valence-electron chi connectivity index (χ0n) is 7.16. The lowest BCUT2D eigenvalue weighted by molar-refractivity contribution is 0.275. The van der Waals surface area contributed by atoms with E-state index in [-0.39, 0.29) is 6.07 Å². The Labute approximate surface area is 91.3 Å². The van der Waals surface area contributed by atoms with Crippen molar-refractivity contribution in [1.29, 1.82) is 0 Å². The Morgan fingerprint density at radius 2 is 1.25 bits per heavy atom. The number of rotatable bonds is 0. The molecule has 10 heteroatoms. The van der Waals surface area contributed by atoms with Crippen molar-refractivity contribution in [3.05, 3.63) is 34.4 Å². The van der Waals surface area contributed by atoms with Crippen LogP contribution in [0, 0.1) is 23.3 Å². The van der Waals surface area contributed by atoms with E-state index in [1.54, 1.807) is 0 Å². The van der Waals surface area contributed by atoms with Gasteiger partial charge in [-0.05, 0) is 0 Å². The average molecular weight is 283 g/mol. The maximum atomic E-state index is 12.3. The Kier molecular flexibility index (Phi) is 5.37. The van der Waals surface area contributed by atoms with E-state index in [1.165, 1.54) is 0 Å². The number of benzene rings is 1. The largest absolute Gasteiger partial charge is 0.466 e. The van der Waals surface area contributed by atoms with Gasteiger partial charge in [0.25, 0.3) is 0 Å². The highest BCUT2D eigenvalue weighted by molar-refractivity contribution is 7.45. The van der Waals surface area contributed by atoms with E-state index in [1.807, 2.05) is 0 Å². The lowest BCUT2D eigenvalue weighted by Crippen LogP contribution is -1.93. The summed E-state index contributed by atoms with van der Waals surface area (Å²) in [5.41, 5.74) is 0. The van der Waals surface area contributed by atoms with Crippen molar-refractivity contribution in [2.75, 3.05) is 0 Å². The standard InChI is InChI=1S/C6HClF4.H3O4P/c7-4-5(10)2(8)1-3(9)6(4)11;1-5(2,3)4/h1H;(H3,1,2,3,4). The molecule has 0 aliphatic rings. The van der Waals surface area contributed by atoms with E-state index in [0.717, 1.165) is 0 Å².